The summed E-state index contributed by atoms with van der Waals surface area (Å²) in [6.45, 7) is 0.785. The Labute approximate surface area is 53.4 Å². The Bertz CT molecular complexity index is 203. The fourth-order valence-corrected chi connectivity index (χ4v) is 1.43. The van der Waals surface area contributed by atoms with Crippen LogP contribution < -0.4 is 0 Å². The Morgan fingerprint density at radius 1 is 1.67 bits per heavy atom. The van der Waals surface area contributed by atoms with Gasteiger partial charge in [-0.15, -0.1) is 0 Å². The SMILES string of the molecule is N#CC12CCC1CN=N2. The lowest BCUT2D eigenvalue weighted by Crippen LogP contribution is -2.42. The third kappa shape index (κ3) is 0.413. The maximum absolute atomic E-state index is 8.64. The smallest absolute Gasteiger partial charge is 0.172 e. The van der Waals surface area contributed by atoms with Crippen molar-refractivity contribution in [1.29, 1.82) is 5.26 Å². The van der Waals surface area contributed by atoms with Crippen LogP contribution in [-0.2, 0) is 0 Å². The minimum absolute atomic E-state index is 0.361. The van der Waals surface area contributed by atoms with E-state index in [1.54, 1.807) is 0 Å². The summed E-state index contributed by atoms with van der Waals surface area (Å²) in [6.07, 6.45) is 2.07. The van der Waals surface area contributed by atoms with E-state index in [2.05, 4.69) is 16.3 Å². The molecule has 0 spiro atoms. The molecule has 2 atom stereocenters. The molecule has 0 aromatic carbocycles. The molecule has 2 rings (SSSR count). The van der Waals surface area contributed by atoms with E-state index < -0.39 is 0 Å². The third-order valence-electron chi connectivity index (χ3n) is 2.29. The minimum Gasteiger partial charge on any atom is -0.196 e. The van der Waals surface area contributed by atoms with E-state index in [0.29, 0.717) is 5.92 Å². The van der Waals surface area contributed by atoms with Crippen LogP contribution in [0.1, 0.15) is 12.8 Å². The molecule has 0 bridgehead atoms. The lowest BCUT2D eigenvalue weighted by Gasteiger charge is -2.34. The van der Waals surface area contributed by atoms with Gasteiger partial charge in [0.25, 0.3) is 0 Å². The summed E-state index contributed by atoms with van der Waals surface area (Å²) in [5.41, 5.74) is -0.361. The summed E-state index contributed by atoms with van der Waals surface area (Å²) < 4.78 is 0. The molecule has 2 aliphatic rings. The first-order chi connectivity index (χ1) is 4.37. The van der Waals surface area contributed by atoms with E-state index >= 15 is 0 Å². The van der Waals surface area contributed by atoms with Gasteiger partial charge >= 0.3 is 0 Å². The monoisotopic (exact) mass is 121 g/mol. The summed E-state index contributed by atoms with van der Waals surface area (Å²) in [4.78, 5) is 0. The molecule has 0 aromatic heterocycles. The molecule has 1 saturated carbocycles. The summed E-state index contributed by atoms with van der Waals surface area (Å²) in [6, 6.07) is 2.22. The van der Waals surface area contributed by atoms with Crippen LogP contribution in [0.2, 0.25) is 0 Å². The topological polar surface area (TPSA) is 48.5 Å². The first-order valence-electron chi connectivity index (χ1n) is 3.17. The van der Waals surface area contributed by atoms with Crippen molar-refractivity contribution in [3.8, 4) is 6.07 Å². The molecule has 1 aliphatic heterocycles. The molecule has 0 saturated heterocycles. The number of nitriles is 1. The fourth-order valence-electron chi connectivity index (χ4n) is 1.43. The van der Waals surface area contributed by atoms with Crippen LogP contribution in [0, 0.1) is 17.2 Å². The van der Waals surface area contributed by atoms with Crippen LogP contribution >= 0.6 is 0 Å². The van der Waals surface area contributed by atoms with Crippen molar-refractivity contribution in [3.05, 3.63) is 0 Å². The fraction of sp³-hybridized carbons (Fsp3) is 0.833. The number of hydrogen-bond acceptors (Lipinski definition) is 3. The highest BCUT2D eigenvalue weighted by Crippen LogP contribution is 2.45. The van der Waals surface area contributed by atoms with Gasteiger partial charge in [0.1, 0.15) is 0 Å². The van der Waals surface area contributed by atoms with Gasteiger partial charge in [-0.1, -0.05) is 0 Å². The van der Waals surface area contributed by atoms with Crippen molar-refractivity contribution >= 4 is 0 Å². The maximum Gasteiger partial charge on any atom is 0.172 e. The highest BCUT2D eigenvalue weighted by molar-refractivity contribution is 5.19. The Morgan fingerprint density at radius 2 is 2.56 bits per heavy atom. The van der Waals surface area contributed by atoms with Crippen LogP contribution in [0.5, 0.6) is 0 Å². The summed E-state index contributed by atoms with van der Waals surface area (Å²) >= 11 is 0. The van der Waals surface area contributed by atoms with Crippen LogP contribution in [0.15, 0.2) is 10.2 Å². The molecule has 1 heterocycles. The predicted octanol–water partition coefficient (Wildman–Crippen LogP) is 1.12. The van der Waals surface area contributed by atoms with E-state index in [9.17, 15) is 0 Å². The molecule has 1 aliphatic carbocycles. The van der Waals surface area contributed by atoms with Crippen molar-refractivity contribution in [2.45, 2.75) is 18.4 Å². The number of azo groups is 1. The van der Waals surface area contributed by atoms with Crippen LogP contribution in [-0.4, -0.2) is 12.1 Å². The van der Waals surface area contributed by atoms with Gasteiger partial charge in [0.15, 0.2) is 5.54 Å². The molecule has 0 radical (unpaired) electrons. The third-order valence-corrected chi connectivity index (χ3v) is 2.29. The zero-order valence-electron chi connectivity index (χ0n) is 5.04. The van der Waals surface area contributed by atoms with E-state index in [1.807, 2.05) is 0 Å². The van der Waals surface area contributed by atoms with Crippen LogP contribution in [0.25, 0.3) is 0 Å². The second kappa shape index (κ2) is 1.32. The summed E-state index contributed by atoms with van der Waals surface area (Å²) in [5, 5.41) is 16.4. The zero-order valence-corrected chi connectivity index (χ0v) is 5.04. The molecule has 46 valence electrons. The molecule has 9 heavy (non-hydrogen) atoms. The highest BCUT2D eigenvalue weighted by atomic mass is 15.2. The second-order valence-corrected chi connectivity index (χ2v) is 2.70. The van der Waals surface area contributed by atoms with Crippen molar-refractivity contribution in [1.82, 2.24) is 0 Å². The quantitative estimate of drug-likeness (QED) is 0.473. The maximum atomic E-state index is 8.64. The average Bonchev–Trinajstić information content (AvgIpc) is 2.10. The molecule has 3 nitrogen and oxygen atoms in total. The van der Waals surface area contributed by atoms with Crippen LogP contribution in [0.4, 0.5) is 0 Å². The average molecular weight is 121 g/mol. The molecular formula is C6H7N3. The van der Waals surface area contributed by atoms with E-state index in [1.165, 1.54) is 0 Å². The van der Waals surface area contributed by atoms with Crippen molar-refractivity contribution < 1.29 is 0 Å². The molecule has 0 aromatic rings. The van der Waals surface area contributed by atoms with Gasteiger partial charge in [-0.05, 0) is 12.8 Å². The Balaban J connectivity index is 2.31. The Morgan fingerprint density at radius 3 is 2.89 bits per heavy atom. The van der Waals surface area contributed by atoms with Gasteiger partial charge < -0.3 is 0 Å². The number of nitrogens with zero attached hydrogens (tertiary/aromatic N) is 3. The van der Waals surface area contributed by atoms with E-state index in [-0.39, 0.29) is 5.54 Å². The summed E-state index contributed by atoms with van der Waals surface area (Å²) in [7, 11) is 0. The molecule has 0 amide bonds. The van der Waals surface area contributed by atoms with Gasteiger partial charge in [-0.3, -0.25) is 0 Å². The second-order valence-electron chi connectivity index (χ2n) is 2.70. The van der Waals surface area contributed by atoms with Crippen molar-refractivity contribution in [2.24, 2.45) is 16.1 Å². The lowest BCUT2D eigenvalue weighted by atomic mass is 9.69. The number of hydrogen-bond donors (Lipinski definition) is 0. The molecule has 3 heteroatoms. The van der Waals surface area contributed by atoms with Gasteiger partial charge in [0.2, 0.25) is 0 Å². The van der Waals surface area contributed by atoms with Crippen molar-refractivity contribution in [3.63, 3.8) is 0 Å². The standard InChI is InChI=1S/C6H7N3/c7-4-6-2-1-5(6)3-8-9-6/h5H,1-3H2. The van der Waals surface area contributed by atoms with Gasteiger partial charge in [-0.2, -0.15) is 15.5 Å². The largest absolute Gasteiger partial charge is 0.196 e. The molecule has 1 fully saturated rings. The molecule has 2 unspecified atom stereocenters. The van der Waals surface area contributed by atoms with Crippen LogP contribution in [0.3, 0.4) is 0 Å². The van der Waals surface area contributed by atoms with Gasteiger partial charge in [0.05, 0.1) is 12.6 Å². The first kappa shape index (κ1) is 4.92. The Kier molecular flexibility index (Phi) is 0.724. The zero-order chi connectivity index (χ0) is 6.32. The number of fused-ring (bicyclic) bond motifs is 1. The van der Waals surface area contributed by atoms with Gasteiger partial charge in [0, 0.05) is 5.92 Å². The minimum atomic E-state index is -0.361. The van der Waals surface area contributed by atoms with Crippen molar-refractivity contribution in [2.75, 3.05) is 6.54 Å². The first-order valence-corrected chi connectivity index (χ1v) is 3.17. The van der Waals surface area contributed by atoms with E-state index in [4.69, 9.17) is 5.26 Å². The van der Waals surface area contributed by atoms with Gasteiger partial charge in [-0.25, -0.2) is 0 Å². The molecular weight excluding hydrogens is 114 g/mol. The summed E-state index contributed by atoms with van der Waals surface area (Å²) in [5.74, 6) is 0.461. The molecule has 0 N–H and O–H groups in total. The Hall–Kier alpha value is -0.910. The number of rotatable bonds is 0. The highest BCUT2D eigenvalue weighted by Gasteiger charge is 2.50. The lowest BCUT2D eigenvalue weighted by molar-refractivity contribution is 0.228. The van der Waals surface area contributed by atoms with E-state index in [0.717, 1.165) is 19.4 Å². The predicted molar refractivity (Wildman–Crippen MR) is 30.8 cm³/mol. The normalized spacial score (nSPS) is 45.4.